The highest BCUT2D eigenvalue weighted by Gasteiger charge is 2.11. The van der Waals surface area contributed by atoms with Crippen LogP contribution in [0.5, 0.6) is 0 Å². The number of hydrogen-bond donors (Lipinski definition) is 2. The Kier molecular flexibility index (Phi) is 5.09. The predicted molar refractivity (Wildman–Crippen MR) is 93.2 cm³/mol. The molecule has 0 aliphatic carbocycles. The molecule has 3 rings (SSSR count). The quantitative estimate of drug-likeness (QED) is 0.661. The lowest BCUT2D eigenvalue weighted by atomic mass is 10.2. The number of pyridine rings is 1. The lowest BCUT2D eigenvalue weighted by molar-refractivity contribution is 0.102. The van der Waals surface area contributed by atoms with Gasteiger partial charge in [-0.1, -0.05) is 11.6 Å². The van der Waals surface area contributed by atoms with Gasteiger partial charge in [0.05, 0.1) is 10.7 Å². The summed E-state index contributed by atoms with van der Waals surface area (Å²) in [4.78, 5) is 16.3. The van der Waals surface area contributed by atoms with Crippen molar-refractivity contribution in [2.75, 3.05) is 10.6 Å². The van der Waals surface area contributed by atoms with Gasteiger partial charge < -0.3 is 10.6 Å². The van der Waals surface area contributed by atoms with Gasteiger partial charge in [0.15, 0.2) is 0 Å². The molecule has 1 heterocycles. The van der Waals surface area contributed by atoms with E-state index in [1.807, 2.05) is 0 Å². The number of hydrogen-bond acceptors (Lipinski definition) is 3. The maximum Gasteiger partial charge on any atom is 0.255 e. The standard InChI is InChI=1S/C18H11ClF3N3O/c19-13-9-12(2-3-14(13)21)24-17-7-10(5-6-23-17)18(26)25-16-4-1-11(20)8-15(16)22/h1-9H,(H,23,24)(H,25,26). The minimum absolute atomic E-state index is 0.0596. The molecule has 0 saturated carbocycles. The monoisotopic (exact) mass is 377 g/mol. The average Bonchev–Trinajstić information content (AvgIpc) is 2.61. The molecule has 0 fully saturated rings. The Morgan fingerprint density at radius 3 is 2.50 bits per heavy atom. The smallest absolute Gasteiger partial charge is 0.255 e. The van der Waals surface area contributed by atoms with E-state index in [0.29, 0.717) is 17.6 Å². The Balaban J connectivity index is 1.77. The number of amides is 1. The molecule has 0 bridgehead atoms. The van der Waals surface area contributed by atoms with Gasteiger partial charge in [-0.3, -0.25) is 4.79 Å². The molecule has 3 aromatic rings. The highest BCUT2D eigenvalue weighted by Crippen LogP contribution is 2.22. The summed E-state index contributed by atoms with van der Waals surface area (Å²) in [6, 6.07) is 9.72. The predicted octanol–water partition coefficient (Wildman–Crippen LogP) is 5.15. The molecule has 0 aliphatic rings. The number of halogens is 4. The molecule has 0 saturated heterocycles. The van der Waals surface area contributed by atoms with Gasteiger partial charge >= 0.3 is 0 Å². The molecule has 0 atom stereocenters. The number of anilines is 3. The van der Waals surface area contributed by atoms with Crippen LogP contribution in [-0.2, 0) is 0 Å². The summed E-state index contributed by atoms with van der Waals surface area (Å²) in [5.41, 5.74) is 0.526. The summed E-state index contributed by atoms with van der Waals surface area (Å²) < 4.78 is 39.7. The number of benzene rings is 2. The summed E-state index contributed by atoms with van der Waals surface area (Å²) in [5.74, 6) is -2.47. The molecule has 8 heteroatoms. The van der Waals surface area contributed by atoms with Gasteiger partial charge in [-0.25, -0.2) is 18.2 Å². The van der Waals surface area contributed by atoms with E-state index < -0.39 is 23.4 Å². The Bertz CT molecular complexity index is 982. The molecule has 2 aromatic carbocycles. The van der Waals surface area contributed by atoms with Crippen molar-refractivity contribution in [1.82, 2.24) is 4.98 Å². The summed E-state index contributed by atoms with van der Waals surface area (Å²) in [5, 5.41) is 5.18. The van der Waals surface area contributed by atoms with Crippen molar-refractivity contribution in [3.8, 4) is 0 Å². The lowest BCUT2D eigenvalue weighted by Crippen LogP contribution is -2.13. The van der Waals surface area contributed by atoms with Crippen LogP contribution in [-0.4, -0.2) is 10.9 Å². The highest BCUT2D eigenvalue weighted by atomic mass is 35.5. The topological polar surface area (TPSA) is 54.0 Å². The van der Waals surface area contributed by atoms with Crippen molar-refractivity contribution < 1.29 is 18.0 Å². The highest BCUT2D eigenvalue weighted by molar-refractivity contribution is 6.31. The third-order valence-electron chi connectivity index (χ3n) is 3.39. The first-order valence-electron chi connectivity index (χ1n) is 7.37. The Labute approximate surface area is 151 Å². The molecular weight excluding hydrogens is 367 g/mol. The maximum absolute atomic E-state index is 13.6. The molecule has 0 spiro atoms. The number of nitrogens with one attached hydrogen (secondary N) is 2. The van der Waals surface area contributed by atoms with Gasteiger partial charge in [0, 0.05) is 23.5 Å². The van der Waals surface area contributed by atoms with Crippen LogP contribution in [0.15, 0.2) is 54.7 Å². The summed E-state index contributed by atoms with van der Waals surface area (Å²) in [7, 11) is 0. The molecule has 26 heavy (non-hydrogen) atoms. The van der Waals surface area contributed by atoms with Crippen LogP contribution in [0.1, 0.15) is 10.4 Å². The van der Waals surface area contributed by atoms with Crippen LogP contribution in [0.25, 0.3) is 0 Å². The van der Waals surface area contributed by atoms with Crippen LogP contribution >= 0.6 is 11.6 Å². The lowest BCUT2D eigenvalue weighted by Gasteiger charge is -2.09. The number of rotatable bonds is 4. The first-order valence-corrected chi connectivity index (χ1v) is 7.75. The van der Waals surface area contributed by atoms with Gasteiger partial charge in [-0.2, -0.15) is 0 Å². The van der Waals surface area contributed by atoms with E-state index in [-0.39, 0.29) is 16.3 Å². The second-order valence-corrected chi connectivity index (χ2v) is 5.67. The van der Waals surface area contributed by atoms with Crippen LogP contribution in [0.2, 0.25) is 5.02 Å². The largest absolute Gasteiger partial charge is 0.340 e. The molecule has 2 N–H and O–H groups in total. The first-order chi connectivity index (χ1) is 12.4. The Morgan fingerprint density at radius 2 is 1.77 bits per heavy atom. The van der Waals surface area contributed by atoms with Gasteiger partial charge in [-0.05, 0) is 42.5 Å². The second-order valence-electron chi connectivity index (χ2n) is 5.26. The maximum atomic E-state index is 13.6. The number of carbonyl (C=O) groups is 1. The molecule has 4 nitrogen and oxygen atoms in total. The number of carbonyl (C=O) groups excluding carboxylic acids is 1. The fourth-order valence-electron chi connectivity index (χ4n) is 2.15. The van der Waals surface area contributed by atoms with Crippen LogP contribution in [0.3, 0.4) is 0 Å². The number of nitrogens with zero attached hydrogens (tertiary/aromatic N) is 1. The molecule has 1 amide bonds. The van der Waals surface area contributed by atoms with E-state index in [2.05, 4.69) is 15.6 Å². The minimum Gasteiger partial charge on any atom is -0.340 e. The Hall–Kier alpha value is -3.06. The van der Waals surface area contributed by atoms with Crippen molar-refractivity contribution in [2.45, 2.75) is 0 Å². The van der Waals surface area contributed by atoms with Gasteiger partial charge in [-0.15, -0.1) is 0 Å². The third kappa shape index (κ3) is 4.12. The molecule has 132 valence electrons. The van der Waals surface area contributed by atoms with Gasteiger partial charge in [0.2, 0.25) is 0 Å². The molecule has 0 unspecified atom stereocenters. The SMILES string of the molecule is O=C(Nc1ccc(F)cc1F)c1ccnc(Nc2ccc(F)c(Cl)c2)c1. The molecule has 0 radical (unpaired) electrons. The minimum atomic E-state index is -0.883. The van der Waals surface area contributed by atoms with Crippen molar-refractivity contribution in [1.29, 1.82) is 0 Å². The van der Waals surface area contributed by atoms with Crippen molar-refractivity contribution in [2.24, 2.45) is 0 Å². The zero-order valence-corrected chi connectivity index (χ0v) is 13.8. The summed E-state index contributed by atoms with van der Waals surface area (Å²) >= 11 is 5.72. The normalized spacial score (nSPS) is 10.5. The van der Waals surface area contributed by atoms with Crippen LogP contribution in [0, 0.1) is 17.5 Å². The van der Waals surface area contributed by atoms with Crippen molar-refractivity contribution in [3.05, 3.63) is 82.8 Å². The second kappa shape index (κ2) is 7.45. The first kappa shape index (κ1) is 17.8. The zero-order valence-electron chi connectivity index (χ0n) is 13.1. The van der Waals surface area contributed by atoms with Gasteiger partial charge in [0.1, 0.15) is 23.3 Å². The third-order valence-corrected chi connectivity index (χ3v) is 3.68. The molecule has 1 aromatic heterocycles. The van der Waals surface area contributed by atoms with Gasteiger partial charge in [0.25, 0.3) is 5.91 Å². The average molecular weight is 378 g/mol. The van der Waals surface area contributed by atoms with Crippen LogP contribution in [0.4, 0.5) is 30.4 Å². The van der Waals surface area contributed by atoms with E-state index >= 15 is 0 Å². The van der Waals surface area contributed by atoms with Crippen LogP contribution < -0.4 is 10.6 Å². The number of aromatic nitrogens is 1. The fourth-order valence-corrected chi connectivity index (χ4v) is 2.33. The molecule has 0 aliphatic heterocycles. The van der Waals surface area contributed by atoms with E-state index in [1.165, 1.54) is 36.5 Å². The van der Waals surface area contributed by atoms with E-state index in [4.69, 9.17) is 11.6 Å². The molecular formula is C18H11ClF3N3O. The van der Waals surface area contributed by atoms with Crippen molar-refractivity contribution >= 4 is 34.7 Å². The zero-order chi connectivity index (χ0) is 18.7. The van der Waals surface area contributed by atoms with E-state index in [9.17, 15) is 18.0 Å². The van der Waals surface area contributed by atoms with E-state index in [1.54, 1.807) is 0 Å². The summed E-state index contributed by atoms with van der Waals surface area (Å²) in [6.07, 6.45) is 1.38. The van der Waals surface area contributed by atoms with E-state index in [0.717, 1.165) is 12.1 Å². The fraction of sp³-hybridized carbons (Fsp3) is 0. The van der Waals surface area contributed by atoms with Crippen molar-refractivity contribution in [3.63, 3.8) is 0 Å². The summed E-state index contributed by atoms with van der Waals surface area (Å²) in [6.45, 7) is 0. The Morgan fingerprint density at radius 1 is 0.962 bits per heavy atom.